The number of nitrogens with zero attached hydrogens (tertiary/aromatic N) is 3. The number of aromatic nitrogens is 2. The van der Waals surface area contributed by atoms with Crippen LogP contribution in [-0.2, 0) is 16.7 Å². The van der Waals surface area contributed by atoms with E-state index in [0.29, 0.717) is 11.1 Å². The summed E-state index contributed by atoms with van der Waals surface area (Å²) in [6, 6.07) is 10.1. The van der Waals surface area contributed by atoms with Gasteiger partial charge in [-0.15, -0.1) is 0 Å². The maximum Gasteiger partial charge on any atom is 0.419 e. The zero-order valence-corrected chi connectivity index (χ0v) is 18.6. The molecule has 0 atom stereocenters. The molecule has 0 saturated heterocycles. The zero-order chi connectivity index (χ0) is 23.1. The topological polar surface area (TPSA) is 96.4 Å². The molecule has 0 N–H and O–H groups in total. The van der Waals surface area contributed by atoms with E-state index in [9.17, 15) is 19.7 Å². The number of benzene rings is 1. The number of pyridine rings is 1. The van der Waals surface area contributed by atoms with Crippen LogP contribution in [0, 0.1) is 10.1 Å². The second-order valence-corrected chi connectivity index (χ2v) is 9.53. The first-order valence-corrected chi connectivity index (χ1v) is 10.0. The van der Waals surface area contributed by atoms with Crippen molar-refractivity contribution in [2.24, 2.45) is 0 Å². The molecular weight excluding hydrogens is 398 g/mol. The molecule has 0 saturated carbocycles. The third-order valence-electron chi connectivity index (χ3n) is 4.79. The fourth-order valence-electron chi connectivity index (χ4n) is 3.48. The molecule has 2 heterocycles. The van der Waals surface area contributed by atoms with Crippen molar-refractivity contribution in [3.63, 3.8) is 0 Å². The first kappa shape index (κ1) is 22.3. The lowest BCUT2D eigenvalue weighted by molar-refractivity contribution is -0.386. The molecule has 0 amide bonds. The van der Waals surface area contributed by atoms with Crippen LogP contribution in [0.3, 0.4) is 0 Å². The van der Waals surface area contributed by atoms with E-state index in [0.717, 1.165) is 11.1 Å². The molecule has 0 spiro atoms. The van der Waals surface area contributed by atoms with Crippen LogP contribution in [0.4, 0.5) is 10.5 Å². The highest BCUT2D eigenvalue weighted by atomic mass is 16.6. The zero-order valence-electron chi connectivity index (χ0n) is 18.6. The Morgan fingerprint density at radius 2 is 1.77 bits per heavy atom. The smallest absolute Gasteiger partial charge is 0.419 e. The van der Waals surface area contributed by atoms with Crippen molar-refractivity contribution in [1.82, 2.24) is 9.13 Å². The predicted octanol–water partition coefficient (Wildman–Crippen LogP) is 4.84. The van der Waals surface area contributed by atoms with E-state index < -0.39 is 27.9 Å². The Bertz CT molecular complexity index is 1220. The minimum absolute atomic E-state index is 0.0776. The van der Waals surface area contributed by atoms with Gasteiger partial charge >= 0.3 is 17.3 Å². The van der Waals surface area contributed by atoms with Gasteiger partial charge in [-0.05, 0) is 38.5 Å². The van der Waals surface area contributed by atoms with Gasteiger partial charge in [-0.25, -0.2) is 9.36 Å². The lowest BCUT2D eigenvalue weighted by Crippen LogP contribution is -2.30. The standard InChI is InChI=1S/C23H27N3O5/c1-22(2,3)18-13-15-9-7-10-16(19(15)25(18)21(28)31-23(4,5)6)14-24-12-8-11-17(20(24)27)26(29)30/h7-13H,14H2,1-6H3. The van der Waals surface area contributed by atoms with Gasteiger partial charge in [0, 0.05) is 28.8 Å². The highest BCUT2D eigenvalue weighted by molar-refractivity contribution is 5.93. The third kappa shape index (κ3) is 4.52. The summed E-state index contributed by atoms with van der Waals surface area (Å²) in [5.74, 6) is 0. The van der Waals surface area contributed by atoms with Crippen molar-refractivity contribution in [3.8, 4) is 0 Å². The van der Waals surface area contributed by atoms with Gasteiger partial charge in [0.1, 0.15) is 5.60 Å². The highest BCUT2D eigenvalue weighted by Crippen LogP contribution is 2.32. The molecule has 0 bridgehead atoms. The van der Waals surface area contributed by atoms with Crippen LogP contribution >= 0.6 is 0 Å². The molecule has 31 heavy (non-hydrogen) atoms. The SMILES string of the molecule is CC(C)(C)OC(=O)n1c(C(C)(C)C)cc2cccc(Cn3cccc([N+](=O)[O-])c3=O)c21. The van der Waals surface area contributed by atoms with E-state index in [2.05, 4.69) is 0 Å². The number of rotatable bonds is 3. The van der Waals surface area contributed by atoms with E-state index in [4.69, 9.17) is 4.74 Å². The van der Waals surface area contributed by atoms with E-state index in [1.54, 1.807) is 31.4 Å². The first-order valence-electron chi connectivity index (χ1n) is 10.0. The largest absolute Gasteiger partial charge is 0.443 e. The average Bonchev–Trinajstić information content (AvgIpc) is 3.03. The molecule has 0 aliphatic heterocycles. The van der Waals surface area contributed by atoms with Crippen LogP contribution in [0.25, 0.3) is 10.9 Å². The lowest BCUT2D eigenvalue weighted by atomic mass is 9.92. The molecule has 0 radical (unpaired) electrons. The Balaban J connectivity index is 2.24. The molecular formula is C23H27N3O5. The van der Waals surface area contributed by atoms with Crippen LogP contribution in [0.5, 0.6) is 0 Å². The first-order chi connectivity index (χ1) is 14.3. The summed E-state index contributed by atoms with van der Waals surface area (Å²) in [5.41, 5.74) is -0.148. The van der Waals surface area contributed by atoms with Gasteiger partial charge in [0.2, 0.25) is 0 Å². The Morgan fingerprint density at radius 3 is 2.35 bits per heavy atom. The second kappa shape index (κ2) is 7.68. The molecule has 0 fully saturated rings. The van der Waals surface area contributed by atoms with Crippen molar-refractivity contribution in [3.05, 3.63) is 74.3 Å². The Labute approximate surface area is 180 Å². The monoisotopic (exact) mass is 425 g/mol. The third-order valence-corrected chi connectivity index (χ3v) is 4.79. The molecule has 8 heteroatoms. The van der Waals surface area contributed by atoms with Crippen molar-refractivity contribution in [1.29, 1.82) is 0 Å². The van der Waals surface area contributed by atoms with Crippen molar-refractivity contribution in [2.45, 2.75) is 59.1 Å². The number of ether oxygens (including phenoxy) is 1. The number of para-hydroxylation sites is 1. The van der Waals surface area contributed by atoms with Crippen LogP contribution in [0.15, 0.2) is 47.4 Å². The molecule has 3 aromatic rings. The van der Waals surface area contributed by atoms with Crippen molar-refractivity contribution >= 4 is 22.7 Å². The van der Waals surface area contributed by atoms with Gasteiger partial charge in [0.15, 0.2) is 0 Å². The maximum absolute atomic E-state index is 13.2. The highest BCUT2D eigenvalue weighted by Gasteiger charge is 2.29. The normalized spacial score (nSPS) is 12.2. The van der Waals surface area contributed by atoms with Crippen molar-refractivity contribution in [2.75, 3.05) is 0 Å². The number of carbonyl (C=O) groups excluding carboxylic acids is 1. The number of hydrogen-bond acceptors (Lipinski definition) is 5. The number of fused-ring (bicyclic) bond motifs is 1. The number of carbonyl (C=O) groups is 1. The summed E-state index contributed by atoms with van der Waals surface area (Å²) < 4.78 is 8.50. The van der Waals surface area contributed by atoms with Crippen LogP contribution < -0.4 is 5.56 Å². The molecule has 1 aromatic carbocycles. The van der Waals surface area contributed by atoms with Gasteiger partial charge in [-0.3, -0.25) is 14.9 Å². The average molecular weight is 425 g/mol. The Morgan fingerprint density at radius 1 is 1.10 bits per heavy atom. The van der Waals surface area contributed by atoms with E-state index in [-0.39, 0.29) is 12.0 Å². The number of nitro groups is 1. The van der Waals surface area contributed by atoms with Gasteiger partial charge in [0.25, 0.3) is 0 Å². The molecule has 8 nitrogen and oxygen atoms in total. The molecule has 2 aromatic heterocycles. The quantitative estimate of drug-likeness (QED) is 0.442. The number of hydrogen-bond donors (Lipinski definition) is 0. The summed E-state index contributed by atoms with van der Waals surface area (Å²) in [4.78, 5) is 36.2. The summed E-state index contributed by atoms with van der Waals surface area (Å²) in [6.07, 6.45) is 0.992. The fraction of sp³-hybridized carbons (Fsp3) is 0.391. The summed E-state index contributed by atoms with van der Waals surface area (Å²) in [5, 5.41) is 12.0. The summed E-state index contributed by atoms with van der Waals surface area (Å²) in [6.45, 7) is 11.5. The van der Waals surface area contributed by atoms with E-state index in [1.165, 1.54) is 22.9 Å². The summed E-state index contributed by atoms with van der Waals surface area (Å²) in [7, 11) is 0. The van der Waals surface area contributed by atoms with Gasteiger partial charge in [-0.2, -0.15) is 0 Å². The predicted molar refractivity (Wildman–Crippen MR) is 119 cm³/mol. The minimum atomic E-state index is -0.698. The van der Waals surface area contributed by atoms with Gasteiger partial charge in [-0.1, -0.05) is 39.0 Å². The Kier molecular flexibility index (Phi) is 5.52. The van der Waals surface area contributed by atoms with Crippen molar-refractivity contribution < 1.29 is 14.5 Å². The fourth-order valence-corrected chi connectivity index (χ4v) is 3.48. The minimum Gasteiger partial charge on any atom is -0.443 e. The van der Waals surface area contributed by atoms with E-state index >= 15 is 0 Å². The summed E-state index contributed by atoms with van der Waals surface area (Å²) >= 11 is 0. The van der Waals surface area contributed by atoms with Gasteiger partial charge < -0.3 is 9.30 Å². The van der Waals surface area contributed by atoms with Gasteiger partial charge in [0.05, 0.1) is 17.0 Å². The van der Waals surface area contributed by atoms with Crippen LogP contribution in [0.1, 0.15) is 52.8 Å². The molecule has 0 aliphatic carbocycles. The molecule has 0 unspecified atom stereocenters. The second-order valence-electron chi connectivity index (χ2n) is 9.53. The molecule has 164 valence electrons. The Hall–Kier alpha value is -3.42. The maximum atomic E-state index is 13.2. The van der Waals surface area contributed by atoms with Crippen LogP contribution in [0.2, 0.25) is 0 Å². The van der Waals surface area contributed by atoms with E-state index in [1.807, 2.05) is 39.0 Å². The molecule has 3 rings (SSSR count). The van der Waals surface area contributed by atoms with Crippen LogP contribution in [-0.4, -0.2) is 25.8 Å². The molecule has 0 aliphatic rings. The lowest BCUT2D eigenvalue weighted by Gasteiger charge is -2.25.